The van der Waals surface area contributed by atoms with Gasteiger partial charge in [-0.1, -0.05) is 12.1 Å². The van der Waals surface area contributed by atoms with Crippen LogP contribution in [0.1, 0.15) is 81.7 Å². The molecule has 40 heavy (non-hydrogen) atoms. The van der Waals surface area contributed by atoms with Gasteiger partial charge in [0.2, 0.25) is 0 Å². The zero-order valence-corrected chi connectivity index (χ0v) is 22.6. The maximum Gasteiger partial charge on any atom is 0.402 e. The zero-order valence-electron chi connectivity index (χ0n) is 22.6. The van der Waals surface area contributed by atoms with Gasteiger partial charge in [0.15, 0.2) is 0 Å². The fourth-order valence-electron chi connectivity index (χ4n) is 5.57. The van der Waals surface area contributed by atoms with Crippen molar-refractivity contribution in [2.24, 2.45) is 0 Å². The number of nitrogens with zero attached hydrogens (tertiary/aromatic N) is 2. The summed E-state index contributed by atoms with van der Waals surface area (Å²) in [5, 5.41) is 10.6. The van der Waals surface area contributed by atoms with E-state index in [1.807, 2.05) is 0 Å². The van der Waals surface area contributed by atoms with Crippen molar-refractivity contribution in [3.05, 3.63) is 92.0 Å². The third kappa shape index (κ3) is 3.38. The summed E-state index contributed by atoms with van der Waals surface area (Å²) < 4.78 is 44.5. The van der Waals surface area contributed by atoms with Gasteiger partial charge in [0.1, 0.15) is 11.2 Å². The number of aromatic hydroxyl groups is 1. The van der Waals surface area contributed by atoms with Gasteiger partial charge in [0.25, 0.3) is 23.6 Å². The van der Waals surface area contributed by atoms with Gasteiger partial charge in [-0.3, -0.25) is 24.1 Å². The van der Waals surface area contributed by atoms with Gasteiger partial charge in [-0.15, -0.1) is 0 Å². The molecule has 0 aliphatic carbocycles. The van der Waals surface area contributed by atoms with Crippen molar-refractivity contribution < 1.29 is 37.5 Å². The van der Waals surface area contributed by atoms with Gasteiger partial charge in [-0.05, 0) is 86.7 Å². The molecule has 0 saturated heterocycles. The van der Waals surface area contributed by atoms with Crippen LogP contribution >= 0.6 is 0 Å². The third-order valence-corrected chi connectivity index (χ3v) is 8.47. The van der Waals surface area contributed by atoms with Crippen LogP contribution < -0.4 is 4.90 Å². The van der Waals surface area contributed by atoms with Crippen LogP contribution in [0.3, 0.4) is 0 Å². The molecule has 3 aromatic rings. The van der Waals surface area contributed by atoms with E-state index in [0.717, 1.165) is 41.0 Å². The number of phenolic OH excluding ortho intramolecular Hbond substituents is 1. The molecule has 3 aromatic carbocycles. The monoisotopic (exact) mass is 550 g/mol. The minimum atomic E-state index is -4.88. The Morgan fingerprint density at radius 2 is 1.10 bits per heavy atom. The lowest BCUT2D eigenvalue weighted by Crippen LogP contribution is -2.41. The summed E-state index contributed by atoms with van der Waals surface area (Å²) in [7, 11) is 1.25. The zero-order chi connectivity index (χ0) is 29.6. The summed E-state index contributed by atoms with van der Waals surface area (Å²) in [4.78, 5) is 53.5. The lowest BCUT2D eigenvalue weighted by atomic mass is 9.74. The lowest BCUT2D eigenvalue weighted by molar-refractivity contribution is -0.173. The van der Waals surface area contributed by atoms with E-state index in [9.17, 15) is 37.5 Å². The number of amides is 4. The second-order valence-corrected chi connectivity index (χ2v) is 10.5. The van der Waals surface area contributed by atoms with Crippen LogP contribution in [0.2, 0.25) is 0 Å². The number of hydrogen-bond acceptors (Lipinski definition) is 5. The number of fused-ring (bicyclic) bond motifs is 2. The molecule has 0 radical (unpaired) electrons. The van der Waals surface area contributed by atoms with Crippen LogP contribution in [-0.2, 0) is 5.41 Å². The van der Waals surface area contributed by atoms with Crippen molar-refractivity contribution in [3.8, 4) is 5.75 Å². The van der Waals surface area contributed by atoms with Crippen molar-refractivity contribution in [1.82, 2.24) is 4.90 Å². The Labute approximate surface area is 227 Å². The number of hydrogen-bond donors (Lipinski definition) is 1. The molecule has 0 fully saturated rings. The molecule has 2 aliphatic rings. The van der Waals surface area contributed by atoms with E-state index in [1.165, 1.54) is 19.2 Å². The Bertz CT molecular complexity index is 1680. The first kappa shape index (κ1) is 27.1. The van der Waals surface area contributed by atoms with Crippen LogP contribution in [0.25, 0.3) is 0 Å². The van der Waals surface area contributed by atoms with Crippen molar-refractivity contribution >= 4 is 29.3 Å². The standard InChI is InChI=1S/C30H25F3N2O5/c1-13-14(2)23(16(4)24(36)15(13)3)35-27(39)20-10-8-18(12-22(20)28(35)40)29(5,30(31,32)33)17-7-9-19-21(11-17)26(38)34(6)25(19)37/h7-12,36H,1-6H3. The summed E-state index contributed by atoms with van der Waals surface area (Å²) >= 11 is 0. The largest absolute Gasteiger partial charge is 0.507 e. The first-order valence-corrected chi connectivity index (χ1v) is 12.4. The van der Waals surface area contributed by atoms with E-state index in [2.05, 4.69) is 0 Å². The average Bonchev–Trinajstić information content (AvgIpc) is 3.29. The summed E-state index contributed by atoms with van der Waals surface area (Å²) in [5.41, 5.74) is -1.35. The highest BCUT2D eigenvalue weighted by molar-refractivity contribution is 6.35. The van der Waals surface area contributed by atoms with Crippen LogP contribution in [-0.4, -0.2) is 46.9 Å². The normalized spacial score (nSPS) is 16.5. The highest BCUT2D eigenvalue weighted by Gasteiger charge is 2.55. The van der Waals surface area contributed by atoms with Gasteiger partial charge in [0, 0.05) is 12.6 Å². The number of imide groups is 2. The fourth-order valence-corrected chi connectivity index (χ4v) is 5.57. The van der Waals surface area contributed by atoms with Gasteiger partial charge in [-0.2, -0.15) is 13.2 Å². The Hall–Kier alpha value is -4.47. The van der Waals surface area contributed by atoms with Gasteiger partial charge < -0.3 is 5.11 Å². The highest BCUT2D eigenvalue weighted by atomic mass is 19.4. The number of benzene rings is 3. The predicted octanol–water partition coefficient (Wildman–Crippen LogP) is 5.52. The van der Waals surface area contributed by atoms with Gasteiger partial charge in [0.05, 0.1) is 27.9 Å². The van der Waals surface area contributed by atoms with Gasteiger partial charge in [-0.25, -0.2) is 4.90 Å². The number of halogens is 3. The molecule has 0 bridgehead atoms. The molecule has 2 aliphatic heterocycles. The molecule has 1 unspecified atom stereocenters. The Balaban J connectivity index is 1.66. The number of rotatable bonds is 3. The van der Waals surface area contributed by atoms with Crippen molar-refractivity contribution in [2.45, 2.75) is 46.2 Å². The molecule has 2 heterocycles. The molecule has 206 valence electrons. The molecular weight excluding hydrogens is 525 g/mol. The SMILES string of the molecule is Cc1c(C)c(O)c(C)c(N2C(=O)c3ccc(C(C)(c4ccc5c(c4)C(=O)N(C)C5=O)C(F)(F)F)cc3C2=O)c1C. The first-order valence-electron chi connectivity index (χ1n) is 12.4. The smallest absolute Gasteiger partial charge is 0.402 e. The predicted molar refractivity (Wildman–Crippen MR) is 140 cm³/mol. The minimum absolute atomic E-state index is 0.00790. The summed E-state index contributed by atoms with van der Waals surface area (Å²) in [6.07, 6.45) is -4.88. The quantitative estimate of drug-likeness (QED) is 0.434. The topological polar surface area (TPSA) is 95.0 Å². The molecule has 1 atom stereocenters. The molecular formula is C30H25F3N2O5. The molecule has 1 N–H and O–H groups in total. The van der Waals surface area contributed by atoms with Crippen LogP contribution in [0.15, 0.2) is 36.4 Å². The van der Waals surface area contributed by atoms with E-state index in [0.29, 0.717) is 22.3 Å². The van der Waals surface area contributed by atoms with Crippen LogP contribution in [0.4, 0.5) is 18.9 Å². The maximum absolute atomic E-state index is 14.8. The Kier molecular flexibility index (Phi) is 5.77. The Morgan fingerprint density at radius 3 is 1.62 bits per heavy atom. The van der Waals surface area contributed by atoms with Crippen molar-refractivity contribution in [3.63, 3.8) is 0 Å². The molecule has 7 nitrogen and oxygen atoms in total. The lowest BCUT2D eigenvalue weighted by Gasteiger charge is -2.33. The molecule has 10 heteroatoms. The van der Waals surface area contributed by atoms with E-state index < -0.39 is 35.2 Å². The van der Waals surface area contributed by atoms with Crippen LogP contribution in [0, 0.1) is 27.7 Å². The van der Waals surface area contributed by atoms with E-state index >= 15 is 0 Å². The number of phenols is 1. The van der Waals surface area contributed by atoms with Crippen LogP contribution in [0.5, 0.6) is 5.75 Å². The molecule has 4 amide bonds. The van der Waals surface area contributed by atoms with E-state index in [-0.39, 0.29) is 44.8 Å². The van der Waals surface area contributed by atoms with E-state index in [1.54, 1.807) is 27.7 Å². The highest BCUT2D eigenvalue weighted by Crippen LogP contribution is 2.48. The number of alkyl halides is 3. The molecule has 5 rings (SSSR count). The average molecular weight is 551 g/mol. The second-order valence-electron chi connectivity index (χ2n) is 10.5. The summed E-state index contributed by atoms with van der Waals surface area (Å²) in [5.74, 6) is -2.91. The summed E-state index contributed by atoms with van der Waals surface area (Å²) in [6, 6.07) is 6.79. The summed E-state index contributed by atoms with van der Waals surface area (Å²) in [6.45, 7) is 7.65. The fraction of sp³-hybridized carbons (Fsp3) is 0.267. The third-order valence-electron chi connectivity index (χ3n) is 8.47. The second kappa shape index (κ2) is 8.51. The maximum atomic E-state index is 14.8. The molecule has 0 aromatic heterocycles. The number of carbonyl (C=O) groups is 4. The van der Waals surface area contributed by atoms with Crippen molar-refractivity contribution in [2.75, 3.05) is 11.9 Å². The molecule has 0 spiro atoms. The Morgan fingerprint density at radius 1 is 0.650 bits per heavy atom. The van der Waals surface area contributed by atoms with Gasteiger partial charge >= 0.3 is 6.18 Å². The van der Waals surface area contributed by atoms with Crippen molar-refractivity contribution in [1.29, 1.82) is 0 Å². The van der Waals surface area contributed by atoms with E-state index in [4.69, 9.17) is 0 Å². The minimum Gasteiger partial charge on any atom is -0.507 e. The number of anilines is 1. The first-order chi connectivity index (χ1) is 18.5. The molecule has 0 saturated carbocycles. The number of carbonyl (C=O) groups excluding carboxylic acids is 4.